The molecule has 0 saturated heterocycles. The molecule has 0 aromatic heterocycles. The minimum atomic E-state index is -0.681. The second-order valence-electron chi connectivity index (χ2n) is 9.33. The van der Waals surface area contributed by atoms with Crippen molar-refractivity contribution in [3.63, 3.8) is 0 Å². The van der Waals surface area contributed by atoms with Crippen molar-refractivity contribution in [1.29, 1.82) is 0 Å². The molecule has 0 bridgehead atoms. The van der Waals surface area contributed by atoms with Crippen molar-refractivity contribution in [3.05, 3.63) is 65.7 Å². The molecule has 0 saturated carbocycles. The van der Waals surface area contributed by atoms with E-state index in [2.05, 4.69) is 10.6 Å². The summed E-state index contributed by atoms with van der Waals surface area (Å²) in [5.74, 6) is 0.0915. The summed E-state index contributed by atoms with van der Waals surface area (Å²) in [4.78, 5) is 49.9. The lowest BCUT2D eigenvalue weighted by Gasteiger charge is -2.27. The molecular weight excluding hydrogens is 514 g/mol. The number of hydrogen-bond donors (Lipinski definition) is 2. The maximum atomic E-state index is 13.5. The number of carbonyl (C=O) groups excluding carboxylic acids is 3. The third-order valence-electron chi connectivity index (χ3n) is 6.51. The molecule has 3 amide bonds. The molecule has 2 aliphatic heterocycles. The van der Waals surface area contributed by atoms with Crippen molar-refractivity contribution in [2.24, 2.45) is 9.98 Å². The van der Waals surface area contributed by atoms with Gasteiger partial charge >= 0.3 is 0 Å². The molecule has 0 unspecified atom stereocenters. The van der Waals surface area contributed by atoms with Crippen LogP contribution in [0, 0.1) is 0 Å². The van der Waals surface area contributed by atoms with Crippen molar-refractivity contribution in [2.75, 3.05) is 26.8 Å². The highest BCUT2D eigenvalue weighted by atomic mass is 32.2. The Bertz CT molecular complexity index is 1230. The first-order chi connectivity index (χ1) is 19.0. The van der Waals surface area contributed by atoms with E-state index in [9.17, 15) is 14.4 Å². The van der Waals surface area contributed by atoms with Crippen molar-refractivity contribution in [1.82, 2.24) is 15.5 Å². The van der Waals surface area contributed by atoms with Gasteiger partial charge in [0.2, 0.25) is 11.8 Å². The predicted molar refractivity (Wildman–Crippen MR) is 154 cm³/mol. The molecule has 0 fully saturated rings. The number of carbonyl (C=O) groups is 3. The highest BCUT2D eigenvalue weighted by Crippen LogP contribution is 2.35. The Balaban J connectivity index is 1.40. The Morgan fingerprint density at radius 2 is 1.85 bits per heavy atom. The molecule has 2 aromatic carbocycles. The smallest absolute Gasteiger partial charge is 0.259 e. The third-order valence-corrected chi connectivity index (χ3v) is 7.82. The molecule has 2 atom stereocenters. The predicted octanol–water partition coefficient (Wildman–Crippen LogP) is 3.45. The second kappa shape index (κ2) is 14.0. The van der Waals surface area contributed by atoms with E-state index in [0.717, 1.165) is 24.0 Å². The van der Waals surface area contributed by atoms with E-state index >= 15 is 0 Å². The zero-order chi connectivity index (χ0) is 27.6. The normalized spacial score (nSPS) is 16.6. The number of nitrogens with zero attached hydrogens (tertiary/aromatic N) is 3. The van der Waals surface area contributed by atoms with Crippen LogP contribution in [0.1, 0.15) is 43.7 Å². The van der Waals surface area contributed by atoms with E-state index in [1.807, 2.05) is 61.5 Å². The van der Waals surface area contributed by atoms with Gasteiger partial charge in [0, 0.05) is 38.8 Å². The van der Waals surface area contributed by atoms with E-state index in [-0.39, 0.29) is 24.1 Å². The van der Waals surface area contributed by atoms with Gasteiger partial charge in [-0.05, 0) is 43.4 Å². The van der Waals surface area contributed by atoms with Gasteiger partial charge in [-0.25, -0.2) is 9.89 Å². The van der Waals surface area contributed by atoms with Gasteiger partial charge in [-0.3, -0.25) is 19.4 Å². The Kier molecular flexibility index (Phi) is 10.3. The van der Waals surface area contributed by atoms with Crippen LogP contribution in [0.15, 0.2) is 64.6 Å². The first kappa shape index (κ1) is 28.5. The number of amides is 3. The molecule has 10 heteroatoms. The lowest BCUT2D eigenvalue weighted by atomic mass is 10.1. The molecule has 2 N–H and O–H groups in total. The number of benzene rings is 2. The fourth-order valence-electron chi connectivity index (χ4n) is 4.41. The molecule has 0 aliphatic carbocycles. The molecule has 9 nitrogen and oxygen atoms in total. The number of rotatable bonds is 13. The van der Waals surface area contributed by atoms with Crippen molar-refractivity contribution < 1.29 is 19.1 Å². The zero-order valence-electron chi connectivity index (χ0n) is 22.4. The molecule has 2 heterocycles. The monoisotopic (exact) mass is 549 g/mol. The van der Waals surface area contributed by atoms with E-state index in [4.69, 9.17) is 14.7 Å². The van der Waals surface area contributed by atoms with Crippen LogP contribution in [-0.2, 0) is 25.5 Å². The van der Waals surface area contributed by atoms with Gasteiger partial charge in [0.25, 0.3) is 5.91 Å². The van der Waals surface area contributed by atoms with Crippen LogP contribution in [-0.4, -0.2) is 71.7 Å². The number of methoxy groups -OCH3 is 1. The van der Waals surface area contributed by atoms with Gasteiger partial charge in [-0.1, -0.05) is 61.2 Å². The van der Waals surface area contributed by atoms with Crippen LogP contribution in [0.2, 0.25) is 0 Å². The van der Waals surface area contributed by atoms with Gasteiger partial charge in [0.05, 0.1) is 10.9 Å². The number of nitrogens with one attached hydrogen (secondary N) is 2. The number of thioether (sulfide) groups is 1. The van der Waals surface area contributed by atoms with Crippen LogP contribution >= 0.6 is 11.8 Å². The van der Waals surface area contributed by atoms with Gasteiger partial charge in [-0.15, -0.1) is 0 Å². The summed E-state index contributed by atoms with van der Waals surface area (Å²) < 4.78 is 5.05. The highest BCUT2D eigenvalue weighted by molar-refractivity contribution is 8.15. The topological polar surface area (TPSA) is 112 Å². The summed E-state index contributed by atoms with van der Waals surface area (Å²) in [7, 11) is 1.63. The summed E-state index contributed by atoms with van der Waals surface area (Å²) in [6.07, 6.45) is 2.53. The molecule has 0 radical (unpaired) electrons. The third kappa shape index (κ3) is 7.33. The molecular formula is C29H35N5O4S. The quantitative estimate of drug-likeness (QED) is 0.372. The Hall–Kier alpha value is -3.50. The summed E-state index contributed by atoms with van der Waals surface area (Å²) >= 11 is 1.27. The number of ether oxygens (including phenoxy) is 1. The second-order valence-corrected chi connectivity index (χ2v) is 10.5. The number of hydrogen-bond acceptors (Lipinski definition) is 7. The van der Waals surface area contributed by atoms with Crippen molar-refractivity contribution >= 4 is 46.2 Å². The number of para-hydroxylation sites is 1. The summed E-state index contributed by atoms with van der Waals surface area (Å²) in [5.41, 5.74) is 2.63. The van der Waals surface area contributed by atoms with Crippen LogP contribution < -0.4 is 10.6 Å². The minimum absolute atomic E-state index is 0.103. The van der Waals surface area contributed by atoms with Crippen molar-refractivity contribution in [2.45, 2.75) is 50.3 Å². The molecule has 4 rings (SSSR count). The fraction of sp³-hybridized carbons (Fsp3) is 0.414. The number of amidine groups is 2. The molecule has 39 heavy (non-hydrogen) atoms. The lowest BCUT2D eigenvalue weighted by molar-refractivity contribution is -0.125. The average molecular weight is 550 g/mol. The van der Waals surface area contributed by atoms with Gasteiger partial charge in [0.1, 0.15) is 11.9 Å². The minimum Gasteiger partial charge on any atom is -0.385 e. The Labute approximate surface area is 233 Å². The van der Waals surface area contributed by atoms with Gasteiger partial charge < -0.3 is 15.4 Å². The van der Waals surface area contributed by atoms with Crippen LogP contribution in [0.5, 0.6) is 0 Å². The highest BCUT2D eigenvalue weighted by Gasteiger charge is 2.42. The number of aliphatic imine (C=N–C) groups is 2. The van der Waals surface area contributed by atoms with Crippen LogP contribution in [0.4, 0.5) is 5.69 Å². The first-order valence-corrected chi connectivity index (χ1v) is 14.2. The molecule has 2 aromatic rings. The maximum absolute atomic E-state index is 13.5. The standard InChI is InChI=1S/C29H35N5O4S/c1-3-24(27(36)31-17-9-19-38-2)39-29-33-22-13-8-7-12-21(22)26-32-23(28(37)34(26)29)14-15-25(35)30-18-16-20-10-5-4-6-11-20/h4-8,10-13,23-24H,3,9,14-19H2,1-2H3,(H,30,35)(H,31,36)/t23-,24-/m0/s1. The Morgan fingerprint density at radius 3 is 2.62 bits per heavy atom. The van der Waals surface area contributed by atoms with E-state index in [1.165, 1.54) is 16.7 Å². The zero-order valence-corrected chi connectivity index (χ0v) is 23.2. The van der Waals surface area contributed by atoms with E-state index < -0.39 is 11.3 Å². The summed E-state index contributed by atoms with van der Waals surface area (Å²) in [6, 6.07) is 16.8. The SMILES string of the molecule is CC[C@H](SC1=Nc2ccccc2C2=N[C@@H](CCC(=O)NCCc3ccccc3)C(=O)N12)C(=O)NCCCOC. The summed E-state index contributed by atoms with van der Waals surface area (Å²) in [6.45, 7) is 3.56. The molecule has 2 aliphatic rings. The van der Waals surface area contributed by atoms with Crippen molar-refractivity contribution in [3.8, 4) is 0 Å². The largest absolute Gasteiger partial charge is 0.385 e. The van der Waals surface area contributed by atoms with E-state index in [1.54, 1.807) is 7.11 Å². The van der Waals surface area contributed by atoms with Crippen LogP contribution in [0.3, 0.4) is 0 Å². The lowest BCUT2D eigenvalue weighted by Crippen LogP contribution is -2.43. The number of fused-ring (bicyclic) bond motifs is 3. The molecule has 206 valence electrons. The fourth-order valence-corrected chi connectivity index (χ4v) is 5.45. The van der Waals surface area contributed by atoms with Crippen LogP contribution in [0.25, 0.3) is 0 Å². The molecule has 0 spiro atoms. The van der Waals surface area contributed by atoms with Gasteiger partial charge in [0.15, 0.2) is 5.17 Å². The Morgan fingerprint density at radius 1 is 1.08 bits per heavy atom. The maximum Gasteiger partial charge on any atom is 0.259 e. The first-order valence-electron chi connectivity index (χ1n) is 13.4. The summed E-state index contributed by atoms with van der Waals surface area (Å²) in [5, 5.41) is 5.90. The average Bonchev–Trinajstić information content (AvgIpc) is 3.29. The van der Waals surface area contributed by atoms with E-state index in [0.29, 0.717) is 49.2 Å². The van der Waals surface area contributed by atoms with Gasteiger partial charge in [-0.2, -0.15) is 0 Å².